The molecule has 2 heterocycles. The number of benzene rings is 1. The summed E-state index contributed by atoms with van der Waals surface area (Å²) in [7, 11) is 0. The van der Waals surface area contributed by atoms with Crippen molar-refractivity contribution in [3.05, 3.63) is 51.9 Å². The summed E-state index contributed by atoms with van der Waals surface area (Å²) in [5.74, 6) is 0.909. The molecule has 6 heteroatoms. The second-order valence-corrected chi connectivity index (χ2v) is 5.75. The number of halogens is 2. The molecule has 3 aromatic rings. The molecular weight excluding hydrogens is 352 g/mol. The van der Waals surface area contributed by atoms with E-state index in [4.69, 9.17) is 11.6 Å². The normalized spacial score (nSPS) is 10.8. The van der Waals surface area contributed by atoms with Crippen LogP contribution in [0, 0.1) is 18.3 Å². The number of nitrogens with zero attached hydrogens (tertiary/aromatic N) is 4. The van der Waals surface area contributed by atoms with Crippen molar-refractivity contribution in [2.75, 3.05) is 0 Å². The Balaban J connectivity index is 2.41. The highest BCUT2D eigenvalue weighted by molar-refractivity contribution is 9.10. The van der Waals surface area contributed by atoms with E-state index in [0.29, 0.717) is 17.0 Å². The van der Waals surface area contributed by atoms with Crippen molar-refractivity contribution in [1.82, 2.24) is 14.5 Å². The maximum atomic E-state index is 9.35. The Morgan fingerprint density at radius 2 is 2.10 bits per heavy atom. The van der Waals surface area contributed by atoms with Gasteiger partial charge < -0.3 is 0 Å². The number of hydrogen-bond donors (Lipinski definition) is 0. The van der Waals surface area contributed by atoms with Crippen LogP contribution in [0.3, 0.4) is 0 Å². The monoisotopic (exact) mass is 360 g/mol. The van der Waals surface area contributed by atoms with Crippen LogP contribution in [0.15, 0.2) is 34.8 Å². The number of rotatable bonds is 2. The summed E-state index contributed by atoms with van der Waals surface area (Å²) in [6.07, 6.45) is 0. The minimum Gasteiger partial charge on any atom is -0.278 e. The molecule has 0 fully saturated rings. The summed E-state index contributed by atoms with van der Waals surface area (Å²) in [6, 6.07) is 11.5. The molecule has 0 radical (unpaired) electrons. The summed E-state index contributed by atoms with van der Waals surface area (Å²) in [5, 5.41) is 9.35. The van der Waals surface area contributed by atoms with Crippen molar-refractivity contribution in [3.8, 4) is 11.8 Å². The quantitative estimate of drug-likeness (QED) is 0.646. The largest absolute Gasteiger partial charge is 0.278 e. The van der Waals surface area contributed by atoms with Gasteiger partial charge in [-0.05, 0) is 37.3 Å². The summed E-state index contributed by atoms with van der Waals surface area (Å²) >= 11 is 9.46. The molecule has 0 unspecified atom stereocenters. The molecule has 2 aromatic heterocycles. The number of aryl methyl sites for hydroxylation is 1. The topological polar surface area (TPSA) is 54.5 Å². The van der Waals surface area contributed by atoms with Gasteiger partial charge in [-0.15, -0.1) is 11.6 Å². The third kappa shape index (κ3) is 2.41. The van der Waals surface area contributed by atoms with E-state index in [1.807, 2.05) is 35.8 Å². The number of pyridine rings is 1. The lowest BCUT2D eigenvalue weighted by Gasteiger charge is -2.10. The number of alkyl halides is 1. The standard InChI is InChI=1S/C15H10BrClN4/c1-9-2-5-12-15(19-9)21(14(7-17)20-12)13-6-11(16)4-3-10(13)8-18/h2-6H,7H2,1H3. The Morgan fingerprint density at radius 1 is 1.29 bits per heavy atom. The van der Waals surface area contributed by atoms with Gasteiger partial charge >= 0.3 is 0 Å². The second kappa shape index (κ2) is 5.47. The van der Waals surface area contributed by atoms with Crippen LogP contribution in [0.2, 0.25) is 0 Å². The van der Waals surface area contributed by atoms with Crippen LogP contribution in [-0.2, 0) is 5.88 Å². The highest BCUT2D eigenvalue weighted by atomic mass is 79.9. The molecule has 0 saturated carbocycles. The van der Waals surface area contributed by atoms with Crippen molar-refractivity contribution < 1.29 is 0 Å². The predicted octanol–water partition coefficient (Wildman–Crippen LogP) is 4.10. The molecule has 0 aliphatic heterocycles. The van der Waals surface area contributed by atoms with E-state index in [1.165, 1.54) is 0 Å². The molecule has 0 saturated heterocycles. The molecule has 4 nitrogen and oxygen atoms in total. The first kappa shape index (κ1) is 14.1. The molecule has 0 N–H and O–H groups in total. The Hall–Kier alpha value is -1.90. The number of hydrogen-bond acceptors (Lipinski definition) is 3. The maximum absolute atomic E-state index is 9.35. The molecule has 3 rings (SSSR count). The van der Waals surface area contributed by atoms with E-state index < -0.39 is 0 Å². The molecule has 0 aliphatic rings. The van der Waals surface area contributed by atoms with Gasteiger partial charge in [0.1, 0.15) is 17.4 Å². The Kier molecular flexibility index (Phi) is 3.66. The SMILES string of the molecule is Cc1ccc2nc(CCl)n(-c3cc(Br)ccc3C#N)c2n1. The summed E-state index contributed by atoms with van der Waals surface area (Å²) in [4.78, 5) is 9.04. The molecule has 0 atom stereocenters. The van der Waals surface area contributed by atoms with Crippen LogP contribution in [0.1, 0.15) is 17.1 Å². The minimum atomic E-state index is 0.243. The minimum absolute atomic E-state index is 0.243. The van der Waals surface area contributed by atoms with Crippen molar-refractivity contribution in [1.29, 1.82) is 5.26 Å². The van der Waals surface area contributed by atoms with E-state index in [9.17, 15) is 5.26 Å². The second-order valence-electron chi connectivity index (χ2n) is 4.57. The Morgan fingerprint density at radius 3 is 2.81 bits per heavy atom. The van der Waals surface area contributed by atoms with E-state index in [-0.39, 0.29) is 5.88 Å². The van der Waals surface area contributed by atoms with Crippen LogP contribution < -0.4 is 0 Å². The van der Waals surface area contributed by atoms with E-state index in [2.05, 4.69) is 32.0 Å². The van der Waals surface area contributed by atoms with Crippen molar-refractivity contribution in [2.45, 2.75) is 12.8 Å². The van der Waals surface area contributed by atoms with Crippen molar-refractivity contribution in [2.24, 2.45) is 0 Å². The third-order valence-electron chi connectivity index (χ3n) is 3.15. The average Bonchev–Trinajstić information content (AvgIpc) is 2.84. The lowest BCUT2D eigenvalue weighted by Crippen LogP contribution is -2.03. The smallest absolute Gasteiger partial charge is 0.165 e. The number of fused-ring (bicyclic) bond motifs is 1. The fraction of sp³-hybridized carbons (Fsp3) is 0.133. The van der Waals surface area contributed by atoms with E-state index in [1.54, 1.807) is 6.07 Å². The molecular formula is C15H10BrClN4. The van der Waals surface area contributed by atoms with Gasteiger partial charge in [0.05, 0.1) is 17.1 Å². The zero-order valence-electron chi connectivity index (χ0n) is 11.1. The van der Waals surface area contributed by atoms with Gasteiger partial charge in [0.15, 0.2) is 5.65 Å². The van der Waals surface area contributed by atoms with Crippen LogP contribution in [0.5, 0.6) is 0 Å². The summed E-state index contributed by atoms with van der Waals surface area (Å²) in [6.45, 7) is 1.92. The lowest BCUT2D eigenvalue weighted by atomic mass is 10.2. The lowest BCUT2D eigenvalue weighted by molar-refractivity contribution is 0.962. The van der Waals surface area contributed by atoms with Crippen molar-refractivity contribution in [3.63, 3.8) is 0 Å². The van der Waals surface area contributed by atoms with Gasteiger partial charge in [-0.3, -0.25) is 4.57 Å². The first-order valence-corrected chi connectivity index (χ1v) is 7.57. The van der Waals surface area contributed by atoms with E-state index in [0.717, 1.165) is 21.4 Å². The van der Waals surface area contributed by atoms with Crippen LogP contribution in [0.4, 0.5) is 0 Å². The molecule has 0 aliphatic carbocycles. The zero-order valence-corrected chi connectivity index (χ0v) is 13.5. The molecule has 0 bridgehead atoms. The zero-order chi connectivity index (χ0) is 15.0. The van der Waals surface area contributed by atoms with Gasteiger partial charge in [0.25, 0.3) is 0 Å². The first-order valence-electron chi connectivity index (χ1n) is 6.25. The van der Waals surface area contributed by atoms with E-state index >= 15 is 0 Å². The fourth-order valence-electron chi connectivity index (χ4n) is 2.23. The van der Waals surface area contributed by atoms with Crippen molar-refractivity contribution >= 4 is 38.7 Å². The van der Waals surface area contributed by atoms with Gasteiger partial charge in [-0.1, -0.05) is 15.9 Å². The maximum Gasteiger partial charge on any atom is 0.165 e. The van der Waals surface area contributed by atoms with Gasteiger partial charge in [0, 0.05) is 10.2 Å². The highest BCUT2D eigenvalue weighted by Gasteiger charge is 2.16. The predicted molar refractivity (Wildman–Crippen MR) is 85.6 cm³/mol. The van der Waals surface area contributed by atoms with Crippen LogP contribution >= 0.6 is 27.5 Å². The first-order chi connectivity index (χ1) is 10.1. The van der Waals surface area contributed by atoms with Gasteiger partial charge in [0.2, 0.25) is 0 Å². The van der Waals surface area contributed by atoms with Crippen LogP contribution in [-0.4, -0.2) is 14.5 Å². The fourth-order valence-corrected chi connectivity index (χ4v) is 2.75. The molecule has 21 heavy (non-hydrogen) atoms. The molecule has 0 amide bonds. The average molecular weight is 362 g/mol. The number of nitriles is 1. The summed E-state index contributed by atoms with van der Waals surface area (Å²) in [5.41, 5.74) is 3.63. The highest BCUT2D eigenvalue weighted by Crippen LogP contribution is 2.26. The molecule has 1 aromatic carbocycles. The Bertz CT molecular complexity index is 879. The number of imidazole rings is 1. The Labute approximate surface area is 135 Å². The molecule has 0 spiro atoms. The van der Waals surface area contributed by atoms with Crippen LogP contribution in [0.25, 0.3) is 16.9 Å². The number of aromatic nitrogens is 3. The third-order valence-corrected chi connectivity index (χ3v) is 3.89. The van der Waals surface area contributed by atoms with Gasteiger partial charge in [-0.25, -0.2) is 9.97 Å². The molecule has 104 valence electrons. The summed E-state index contributed by atoms with van der Waals surface area (Å²) < 4.78 is 2.73. The van der Waals surface area contributed by atoms with Gasteiger partial charge in [-0.2, -0.15) is 5.26 Å².